The molecular weight excluding hydrogens is 354 g/mol. The highest BCUT2D eigenvalue weighted by Crippen LogP contribution is 2.17. The van der Waals surface area contributed by atoms with Crippen LogP contribution in [0.2, 0.25) is 0 Å². The lowest BCUT2D eigenvalue weighted by atomic mass is 10.1. The summed E-state index contributed by atoms with van der Waals surface area (Å²) in [5.74, 6) is -2.51. The van der Waals surface area contributed by atoms with Crippen molar-refractivity contribution in [2.75, 3.05) is 5.32 Å². The molecule has 0 spiro atoms. The van der Waals surface area contributed by atoms with Crippen LogP contribution in [0.25, 0.3) is 0 Å². The summed E-state index contributed by atoms with van der Waals surface area (Å²) in [6.45, 7) is 1.67. The molecule has 0 bridgehead atoms. The first-order valence-corrected chi connectivity index (χ1v) is 8.15. The van der Waals surface area contributed by atoms with Crippen LogP contribution in [0.5, 0.6) is 0 Å². The molecule has 2 amide bonds. The molecule has 1 unspecified atom stereocenters. The van der Waals surface area contributed by atoms with Crippen LogP contribution in [-0.4, -0.2) is 11.8 Å². The molecule has 0 aliphatic carbocycles. The molecule has 0 fully saturated rings. The Balaban J connectivity index is 1.63. The average molecular weight is 370 g/mol. The number of furan rings is 1. The number of nitrogens with one attached hydrogen (secondary N) is 2. The fourth-order valence-electron chi connectivity index (χ4n) is 2.45. The third-order valence-electron chi connectivity index (χ3n) is 3.94. The van der Waals surface area contributed by atoms with Crippen LogP contribution in [0, 0.1) is 11.6 Å². The molecule has 2 aromatic carbocycles. The lowest BCUT2D eigenvalue weighted by Crippen LogP contribution is -2.26. The standard InChI is InChI=1S/C20H16F2N2O3/c1-12(14-6-9-16(21)17(22)11-14)23-19(25)13-4-7-15(8-5-13)24-20(26)18-3-2-10-27-18/h2-12H,1H3,(H,23,25)(H,24,26). The topological polar surface area (TPSA) is 71.3 Å². The molecule has 27 heavy (non-hydrogen) atoms. The van der Waals surface area contributed by atoms with Gasteiger partial charge < -0.3 is 15.1 Å². The van der Waals surface area contributed by atoms with Crippen LogP contribution in [0.4, 0.5) is 14.5 Å². The summed E-state index contributed by atoms with van der Waals surface area (Å²) in [7, 11) is 0. The second kappa shape index (κ2) is 7.82. The van der Waals surface area contributed by atoms with Gasteiger partial charge in [0.25, 0.3) is 11.8 Å². The van der Waals surface area contributed by atoms with Gasteiger partial charge in [0.05, 0.1) is 12.3 Å². The van der Waals surface area contributed by atoms with Gasteiger partial charge in [-0.25, -0.2) is 8.78 Å². The van der Waals surface area contributed by atoms with E-state index < -0.39 is 23.6 Å². The van der Waals surface area contributed by atoms with Crippen molar-refractivity contribution in [2.24, 2.45) is 0 Å². The summed E-state index contributed by atoms with van der Waals surface area (Å²) in [5, 5.41) is 5.36. The van der Waals surface area contributed by atoms with E-state index in [4.69, 9.17) is 4.42 Å². The van der Waals surface area contributed by atoms with Crippen LogP contribution >= 0.6 is 0 Å². The minimum Gasteiger partial charge on any atom is -0.459 e. The molecule has 0 saturated carbocycles. The largest absolute Gasteiger partial charge is 0.459 e. The van der Waals surface area contributed by atoms with Crippen LogP contribution in [0.1, 0.15) is 39.4 Å². The zero-order valence-corrected chi connectivity index (χ0v) is 14.3. The van der Waals surface area contributed by atoms with E-state index >= 15 is 0 Å². The molecule has 1 atom stereocenters. The average Bonchev–Trinajstić information content (AvgIpc) is 3.19. The maximum Gasteiger partial charge on any atom is 0.291 e. The number of carbonyl (C=O) groups excluding carboxylic acids is 2. The maximum absolute atomic E-state index is 13.3. The monoisotopic (exact) mass is 370 g/mol. The minimum atomic E-state index is -0.967. The summed E-state index contributed by atoms with van der Waals surface area (Å²) in [6, 6.07) is 12.4. The molecule has 7 heteroatoms. The van der Waals surface area contributed by atoms with E-state index in [2.05, 4.69) is 10.6 Å². The van der Waals surface area contributed by atoms with Crippen LogP contribution < -0.4 is 10.6 Å². The van der Waals surface area contributed by atoms with E-state index in [0.717, 1.165) is 12.1 Å². The Morgan fingerprint density at radius 3 is 2.33 bits per heavy atom. The zero-order valence-electron chi connectivity index (χ0n) is 14.3. The lowest BCUT2D eigenvalue weighted by Gasteiger charge is -2.15. The molecule has 1 aromatic heterocycles. The fourth-order valence-corrected chi connectivity index (χ4v) is 2.45. The SMILES string of the molecule is CC(NC(=O)c1ccc(NC(=O)c2ccco2)cc1)c1ccc(F)c(F)c1. The quantitative estimate of drug-likeness (QED) is 0.703. The van der Waals surface area contributed by atoms with Crippen LogP contribution in [-0.2, 0) is 0 Å². The third-order valence-corrected chi connectivity index (χ3v) is 3.94. The normalized spacial score (nSPS) is 11.7. The number of amides is 2. The molecule has 3 aromatic rings. The number of halogens is 2. The first kappa shape index (κ1) is 18.3. The highest BCUT2D eigenvalue weighted by Gasteiger charge is 2.14. The van der Waals surface area contributed by atoms with Crippen molar-refractivity contribution in [1.29, 1.82) is 0 Å². The summed E-state index contributed by atoms with van der Waals surface area (Å²) in [4.78, 5) is 24.2. The van der Waals surface area contributed by atoms with E-state index in [0.29, 0.717) is 16.8 Å². The summed E-state index contributed by atoms with van der Waals surface area (Å²) < 4.78 is 31.3. The number of hydrogen-bond acceptors (Lipinski definition) is 3. The highest BCUT2D eigenvalue weighted by atomic mass is 19.2. The van der Waals surface area contributed by atoms with Gasteiger partial charge in [0.1, 0.15) is 0 Å². The molecule has 0 aliphatic heterocycles. The molecule has 0 aliphatic rings. The minimum absolute atomic E-state index is 0.178. The van der Waals surface area contributed by atoms with Gasteiger partial charge in [-0.3, -0.25) is 9.59 Å². The molecule has 1 heterocycles. The number of carbonyl (C=O) groups is 2. The summed E-state index contributed by atoms with van der Waals surface area (Å²) in [6.07, 6.45) is 1.40. The molecule has 2 N–H and O–H groups in total. The summed E-state index contributed by atoms with van der Waals surface area (Å²) >= 11 is 0. The van der Waals surface area contributed by atoms with Crippen molar-refractivity contribution in [1.82, 2.24) is 5.32 Å². The van der Waals surface area contributed by atoms with Gasteiger partial charge in [0.2, 0.25) is 0 Å². The van der Waals surface area contributed by atoms with Gasteiger partial charge in [-0.05, 0) is 61.0 Å². The van der Waals surface area contributed by atoms with Crippen molar-refractivity contribution >= 4 is 17.5 Å². The predicted molar refractivity (Wildman–Crippen MR) is 95.3 cm³/mol. The van der Waals surface area contributed by atoms with E-state index in [9.17, 15) is 18.4 Å². The lowest BCUT2D eigenvalue weighted by molar-refractivity contribution is 0.0939. The smallest absolute Gasteiger partial charge is 0.291 e. The van der Waals surface area contributed by atoms with E-state index in [1.165, 1.54) is 18.4 Å². The maximum atomic E-state index is 13.3. The predicted octanol–water partition coefficient (Wildman–Crippen LogP) is 4.30. The van der Waals surface area contributed by atoms with E-state index in [1.54, 1.807) is 37.3 Å². The molecule has 0 radical (unpaired) electrons. The van der Waals surface area contributed by atoms with Crippen molar-refractivity contribution in [3.8, 4) is 0 Å². The summed E-state index contributed by atoms with van der Waals surface area (Å²) in [5.41, 5.74) is 1.31. The molecule has 3 rings (SSSR count). The molecular formula is C20H16F2N2O3. The second-order valence-corrected chi connectivity index (χ2v) is 5.88. The Labute approximate surface area is 154 Å². The van der Waals surface area contributed by atoms with Gasteiger partial charge in [-0.2, -0.15) is 0 Å². The fraction of sp³-hybridized carbons (Fsp3) is 0.100. The van der Waals surface area contributed by atoms with Crippen LogP contribution in [0.15, 0.2) is 65.3 Å². The Morgan fingerprint density at radius 2 is 1.70 bits per heavy atom. The number of hydrogen-bond donors (Lipinski definition) is 2. The number of anilines is 1. The molecule has 5 nitrogen and oxygen atoms in total. The van der Waals surface area contributed by atoms with Gasteiger partial charge in [-0.1, -0.05) is 6.07 Å². The Bertz CT molecular complexity index is 954. The first-order valence-electron chi connectivity index (χ1n) is 8.15. The van der Waals surface area contributed by atoms with E-state index in [-0.39, 0.29) is 11.7 Å². The van der Waals surface area contributed by atoms with Gasteiger partial charge in [-0.15, -0.1) is 0 Å². The van der Waals surface area contributed by atoms with Crippen molar-refractivity contribution in [3.05, 3.63) is 89.4 Å². The number of rotatable bonds is 5. The van der Waals surface area contributed by atoms with E-state index in [1.807, 2.05) is 0 Å². The Morgan fingerprint density at radius 1 is 0.963 bits per heavy atom. The Kier molecular flexibility index (Phi) is 5.30. The van der Waals surface area contributed by atoms with Crippen molar-refractivity contribution in [2.45, 2.75) is 13.0 Å². The molecule has 0 saturated heterocycles. The molecule has 138 valence electrons. The second-order valence-electron chi connectivity index (χ2n) is 5.88. The van der Waals surface area contributed by atoms with Crippen molar-refractivity contribution in [3.63, 3.8) is 0 Å². The van der Waals surface area contributed by atoms with Crippen molar-refractivity contribution < 1.29 is 22.8 Å². The highest BCUT2D eigenvalue weighted by molar-refractivity contribution is 6.02. The first-order chi connectivity index (χ1) is 12.9. The number of benzene rings is 2. The van der Waals surface area contributed by atoms with Gasteiger partial charge in [0, 0.05) is 11.3 Å². The Hall–Kier alpha value is -3.48. The van der Waals surface area contributed by atoms with Crippen LogP contribution in [0.3, 0.4) is 0 Å². The third kappa shape index (κ3) is 4.38. The van der Waals surface area contributed by atoms with Gasteiger partial charge in [0.15, 0.2) is 17.4 Å². The zero-order chi connectivity index (χ0) is 19.4. The van der Waals surface area contributed by atoms with Gasteiger partial charge >= 0.3 is 0 Å².